The van der Waals surface area contributed by atoms with E-state index in [1.54, 1.807) is 6.92 Å². The second-order valence-electron chi connectivity index (χ2n) is 6.67. The quantitative estimate of drug-likeness (QED) is 0.885. The van der Waals surface area contributed by atoms with Crippen molar-refractivity contribution in [3.8, 4) is 0 Å². The number of carbonyl (C=O) groups is 3. The fourth-order valence-corrected chi connectivity index (χ4v) is 3.62. The fourth-order valence-electron chi connectivity index (χ4n) is 3.50. The maximum Gasteiger partial charge on any atom is 0.308 e. The largest absolute Gasteiger partial charge is 0.481 e. The molecule has 2 aliphatic heterocycles. The highest BCUT2D eigenvalue weighted by atomic mass is 35.5. The molecule has 1 N–H and O–H groups in total. The Morgan fingerprint density at radius 2 is 2.00 bits per heavy atom. The fraction of sp³-hybridized carbons (Fsp3) is 0.471. The molecule has 8 heteroatoms. The normalized spacial score (nSPS) is 26.4. The summed E-state index contributed by atoms with van der Waals surface area (Å²) in [5.74, 6) is -3.28. The number of halogens is 2. The van der Waals surface area contributed by atoms with Gasteiger partial charge in [0.1, 0.15) is 5.82 Å². The lowest BCUT2D eigenvalue weighted by atomic mass is 9.99. The Morgan fingerprint density at radius 3 is 2.60 bits per heavy atom. The van der Waals surface area contributed by atoms with Crippen LogP contribution in [0.4, 0.5) is 10.1 Å². The minimum absolute atomic E-state index is 0.0334. The number of likely N-dealkylation sites (tertiary alicyclic amines) is 1. The van der Waals surface area contributed by atoms with E-state index in [0.29, 0.717) is 12.2 Å². The Labute approximate surface area is 149 Å². The van der Waals surface area contributed by atoms with Gasteiger partial charge in [0, 0.05) is 31.7 Å². The third-order valence-corrected chi connectivity index (χ3v) is 5.24. The number of nitrogens with zero attached hydrogens (tertiary/aromatic N) is 2. The van der Waals surface area contributed by atoms with Crippen molar-refractivity contribution in [3.05, 3.63) is 29.0 Å². The van der Waals surface area contributed by atoms with Gasteiger partial charge in [-0.2, -0.15) is 0 Å². The highest BCUT2D eigenvalue weighted by molar-refractivity contribution is 6.30. The summed E-state index contributed by atoms with van der Waals surface area (Å²) in [4.78, 5) is 39.0. The number of aliphatic carboxylic acids is 1. The Kier molecular flexibility index (Phi) is 4.69. The van der Waals surface area contributed by atoms with Crippen LogP contribution in [0.25, 0.3) is 0 Å². The van der Waals surface area contributed by atoms with E-state index < -0.39 is 23.6 Å². The van der Waals surface area contributed by atoms with Gasteiger partial charge in [0.2, 0.25) is 11.8 Å². The minimum Gasteiger partial charge on any atom is -0.481 e. The van der Waals surface area contributed by atoms with E-state index in [1.807, 2.05) is 0 Å². The number of hydrogen-bond donors (Lipinski definition) is 1. The van der Waals surface area contributed by atoms with E-state index in [4.69, 9.17) is 11.6 Å². The number of rotatable bonds is 3. The van der Waals surface area contributed by atoms with Crippen LogP contribution in [0.1, 0.15) is 13.3 Å². The number of anilines is 1. The number of amides is 2. The molecule has 2 fully saturated rings. The van der Waals surface area contributed by atoms with Gasteiger partial charge in [-0.05, 0) is 24.1 Å². The third-order valence-electron chi connectivity index (χ3n) is 4.93. The Hall–Kier alpha value is -2.15. The van der Waals surface area contributed by atoms with Crippen molar-refractivity contribution in [2.45, 2.75) is 13.3 Å². The second-order valence-corrected chi connectivity index (χ2v) is 7.08. The lowest BCUT2D eigenvalue weighted by Crippen LogP contribution is -2.36. The monoisotopic (exact) mass is 368 g/mol. The molecule has 1 unspecified atom stereocenters. The van der Waals surface area contributed by atoms with Crippen molar-refractivity contribution in [1.29, 1.82) is 0 Å². The van der Waals surface area contributed by atoms with Crippen molar-refractivity contribution in [2.75, 3.05) is 24.5 Å². The molecule has 0 radical (unpaired) electrons. The zero-order valence-electron chi connectivity index (χ0n) is 13.6. The second kappa shape index (κ2) is 6.63. The molecule has 0 aromatic heterocycles. The first-order valence-corrected chi connectivity index (χ1v) is 8.42. The molecule has 134 valence electrons. The van der Waals surface area contributed by atoms with Crippen LogP contribution in [-0.4, -0.2) is 47.4 Å². The average molecular weight is 369 g/mol. The first-order chi connectivity index (χ1) is 11.8. The molecule has 0 spiro atoms. The van der Waals surface area contributed by atoms with Crippen LogP contribution >= 0.6 is 11.6 Å². The SMILES string of the molecule is C[C@@H]1CN(C(=O)C2CC(=O)N(c3ccc(Cl)c(F)c3)C2)C[C@H]1C(=O)O. The molecular formula is C17H18ClFN2O4. The number of hydrogen-bond acceptors (Lipinski definition) is 3. The standard InChI is InChI=1S/C17H18ClFN2O4/c1-9-6-20(8-12(9)17(24)25)16(23)10-4-15(22)21(7-10)11-2-3-13(18)14(19)5-11/h2-3,5,9-10,12H,4,6-8H2,1H3,(H,24,25)/t9-,10?,12-/m1/s1. The molecule has 0 saturated carbocycles. The van der Waals surface area contributed by atoms with Gasteiger partial charge in [0.05, 0.1) is 16.9 Å². The summed E-state index contributed by atoms with van der Waals surface area (Å²) in [6.07, 6.45) is 0.0334. The molecule has 1 aromatic rings. The van der Waals surface area contributed by atoms with Gasteiger partial charge in [0.15, 0.2) is 0 Å². The summed E-state index contributed by atoms with van der Waals surface area (Å²) in [7, 11) is 0. The van der Waals surface area contributed by atoms with Gasteiger partial charge in [-0.15, -0.1) is 0 Å². The molecule has 25 heavy (non-hydrogen) atoms. The molecule has 0 bridgehead atoms. The smallest absolute Gasteiger partial charge is 0.308 e. The van der Waals surface area contributed by atoms with Gasteiger partial charge >= 0.3 is 5.97 Å². The molecule has 3 rings (SSSR count). The number of carboxylic acids is 1. The average Bonchev–Trinajstić information content (AvgIpc) is 3.13. The molecular weight excluding hydrogens is 351 g/mol. The van der Waals surface area contributed by atoms with E-state index in [-0.39, 0.29) is 42.3 Å². The molecule has 2 saturated heterocycles. The molecule has 0 aliphatic carbocycles. The van der Waals surface area contributed by atoms with Crippen molar-refractivity contribution in [2.24, 2.45) is 17.8 Å². The summed E-state index contributed by atoms with van der Waals surface area (Å²) in [5, 5.41) is 9.15. The van der Waals surface area contributed by atoms with E-state index in [9.17, 15) is 23.9 Å². The topological polar surface area (TPSA) is 77.9 Å². The van der Waals surface area contributed by atoms with Crippen molar-refractivity contribution in [1.82, 2.24) is 4.90 Å². The zero-order valence-corrected chi connectivity index (χ0v) is 14.4. The first kappa shape index (κ1) is 17.7. The van der Waals surface area contributed by atoms with Crippen LogP contribution in [0.15, 0.2) is 18.2 Å². The highest BCUT2D eigenvalue weighted by Crippen LogP contribution is 2.31. The minimum atomic E-state index is -0.913. The van der Waals surface area contributed by atoms with E-state index >= 15 is 0 Å². The third kappa shape index (κ3) is 3.33. The van der Waals surface area contributed by atoms with Crippen LogP contribution in [0.3, 0.4) is 0 Å². The van der Waals surface area contributed by atoms with Crippen LogP contribution in [0.5, 0.6) is 0 Å². The highest BCUT2D eigenvalue weighted by Gasteiger charge is 2.42. The van der Waals surface area contributed by atoms with Crippen molar-refractivity contribution in [3.63, 3.8) is 0 Å². The van der Waals surface area contributed by atoms with Crippen molar-refractivity contribution >= 4 is 35.1 Å². The van der Waals surface area contributed by atoms with E-state index in [0.717, 1.165) is 0 Å². The van der Waals surface area contributed by atoms with Gasteiger partial charge < -0.3 is 14.9 Å². The summed E-state index contributed by atoms with van der Waals surface area (Å²) < 4.78 is 13.6. The zero-order chi connectivity index (χ0) is 18.3. The Morgan fingerprint density at radius 1 is 1.28 bits per heavy atom. The van der Waals surface area contributed by atoms with Crippen LogP contribution < -0.4 is 4.90 Å². The van der Waals surface area contributed by atoms with Crippen LogP contribution in [-0.2, 0) is 14.4 Å². The molecule has 2 heterocycles. The number of carboxylic acid groups (broad SMARTS) is 1. The Bertz CT molecular complexity index is 741. The van der Waals surface area contributed by atoms with Gasteiger partial charge in [-0.25, -0.2) is 4.39 Å². The van der Waals surface area contributed by atoms with Crippen LogP contribution in [0.2, 0.25) is 5.02 Å². The predicted molar refractivity (Wildman–Crippen MR) is 88.7 cm³/mol. The molecule has 2 amide bonds. The molecule has 2 aliphatic rings. The van der Waals surface area contributed by atoms with Gasteiger partial charge in [0.25, 0.3) is 0 Å². The summed E-state index contributed by atoms with van der Waals surface area (Å²) >= 11 is 5.65. The lowest BCUT2D eigenvalue weighted by molar-refractivity contribution is -0.142. The molecule has 6 nitrogen and oxygen atoms in total. The number of carbonyl (C=O) groups excluding carboxylic acids is 2. The number of benzene rings is 1. The maximum atomic E-state index is 13.6. The van der Waals surface area contributed by atoms with E-state index in [2.05, 4.69) is 0 Å². The summed E-state index contributed by atoms with van der Waals surface area (Å²) in [6.45, 7) is 2.49. The molecule has 1 aromatic carbocycles. The van der Waals surface area contributed by atoms with Crippen LogP contribution in [0, 0.1) is 23.6 Å². The van der Waals surface area contributed by atoms with E-state index in [1.165, 1.54) is 28.0 Å². The molecule has 3 atom stereocenters. The maximum absolute atomic E-state index is 13.6. The Balaban J connectivity index is 1.71. The summed E-state index contributed by atoms with van der Waals surface area (Å²) in [5.41, 5.74) is 0.361. The van der Waals surface area contributed by atoms with Crippen molar-refractivity contribution < 1.29 is 23.9 Å². The first-order valence-electron chi connectivity index (χ1n) is 8.05. The lowest BCUT2D eigenvalue weighted by Gasteiger charge is -2.21. The predicted octanol–water partition coefficient (Wildman–Crippen LogP) is 2.01. The van der Waals surface area contributed by atoms with Gasteiger partial charge in [-0.3, -0.25) is 14.4 Å². The van der Waals surface area contributed by atoms with Gasteiger partial charge in [-0.1, -0.05) is 18.5 Å². The summed E-state index contributed by atoms with van der Waals surface area (Å²) in [6, 6.07) is 4.08.